The number of carbonyl (C=O) groups excluding carboxylic acids is 2. The Labute approximate surface area is 521 Å². The molecule has 0 aliphatic carbocycles. The number of aliphatic hydroxyl groups is 1. The van der Waals surface area contributed by atoms with Gasteiger partial charge in [0.1, 0.15) is 6.61 Å². The zero-order chi connectivity index (χ0) is 59.8. The van der Waals surface area contributed by atoms with E-state index in [1.54, 1.807) is 0 Å². The van der Waals surface area contributed by atoms with Crippen LogP contribution in [0.15, 0.2) is 24.3 Å². The highest BCUT2D eigenvalue weighted by atomic mass is 16.6. The summed E-state index contributed by atoms with van der Waals surface area (Å²) >= 11 is 0. The fourth-order valence-corrected chi connectivity index (χ4v) is 12.2. The van der Waals surface area contributed by atoms with Gasteiger partial charge in [0.25, 0.3) is 0 Å². The van der Waals surface area contributed by atoms with E-state index in [-0.39, 0.29) is 25.2 Å². The number of esters is 2. The van der Waals surface area contributed by atoms with Gasteiger partial charge in [-0.3, -0.25) is 9.59 Å². The topological polar surface area (TPSA) is 72.8 Å². The van der Waals surface area contributed by atoms with Crippen LogP contribution < -0.4 is 0 Å². The number of allylic oxidation sites excluding steroid dienone is 4. The Hall–Kier alpha value is -1.62. The van der Waals surface area contributed by atoms with Gasteiger partial charge in [0.2, 0.25) is 0 Å². The largest absolute Gasteiger partial charge is 0.462 e. The first-order valence-corrected chi connectivity index (χ1v) is 38.4. The molecule has 0 aliphatic heterocycles. The highest BCUT2D eigenvalue weighted by molar-refractivity contribution is 5.70. The van der Waals surface area contributed by atoms with Crippen LogP contribution in [-0.4, -0.2) is 36.4 Å². The Bertz CT molecular complexity index is 1280. The standard InChI is InChI=1S/C78H150O5/c1-3-5-7-9-11-13-15-17-19-21-23-25-27-29-31-33-34-35-36-37-38-39-40-41-42-43-45-46-48-50-52-54-56-58-60-62-64-66-68-70-72-77(80)82-75-76(74-79)83-78(81)73-71-69-67-65-63-61-59-57-55-53-51-49-47-44-32-30-28-26-24-22-20-18-16-14-12-10-8-6-4-2/h16,18,22,24,76,79H,3-15,17,19-21,23,25-75H2,1-2H3/b18-16-,24-22-. The Morgan fingerprint density at radius 3 is 0.711 bits per heavy atom. The van der Waals surface area contributed by atoms with E-state index in [4.69, 9.17) is 9.47 Å². The van der Waals surface area contributed by atoms with Crippen LogP contribution in [0, 0.1) is 0 Å². The van der Waals surface area contributed by atoms with E-state index >= 15 is 0 Å². The Morgan fingerprint density at radius 1 is 0.277 bits per heavy atom. The molecule has 1 atom stereocenters. The van der Waals surface area contributed by atoms with Crippen molar-refractivity contribution in [2.24, 2.45) is 0 Å². The molecule has 0 aliphatic rings. The molecule has 5 heteroatoms. The molecule has 0 aromatic heterocycles. The molecule has 0 fully saturated rings. The zero-order valence-electron chi connectivity index (χ0n) is 56.8. The lowest BCUT2D eigenvalue weighted by atomic mass is 10.0. The number of rotatable bonds is 73. The Balaban J connectivity index is 3.34. The van der Waals surface area contributed by atoms with E-state index in [2.05, 4.69) is 38.2 Å². The first kappa shape index (κ1) is 81.4. The maximum Gasteiger partial charge on any atom is 0.306 e. The smallest absolute Gasteiger partial charge is 0.306 e. The highest BCUT2D eigenvalue weighted by Gasteiger charge is 2.16. The van der Waals surface area contributed by atoms with Crippen molar-refractivity contribution in [1.82, 2.24) is 0 Å². The van der Waals surface area contributed by atoms with E-state index in [0.717, 1.165) is 38.5 Å². The van der Waals surface area contributed by atoms with Gasteiger partial charge >= 0.3 is 11.9 Å². The maximum absolute atomic E-state index is 12.4. The van der Waals surface area contributed by atoms with Crippen molar-refractivity contribution in [2.75, 3.05) is 13.2 Å². The van der Waals surface area contributed by atoms with Gasteiger partial charge in [-0.15, -0.1) is 0 Å². The van der Waals surface area contributed by atoms with Gasteiger partial charge in [-0.1, -0.05) is 411 Å². The fraction of sp³-hybridized carbons (Fsp3) is 0.923. The van der Waals surface area contributed by atoms with Gasteiger partial charge in [0, 0.05) is 12.8 Å². The van der Waals surface area contributed by atoms with Crippen LogP contribution >= 0.6 is 0 Å². The number of ether oxygens (including phenoxy) is 2. The third-order valence-electron chi connectivity index (χ3n) is 18.0. The normalized spacial score (nSPS) is 12.2. The van der Waals surface area contributed by atoms with Crippen LogP contribution in [0.5, 0.6) is 0 Å². The first-order valence-electron chi connectivity index (χ1n) is 38.4. The van der Waals surface area contributed by atoms with Crippen LogP contribution in [0.1, 0.15) is 444 Å². The predicted molar refractivity (Wildman–Crippen MR) is 367 cm³/mol. The molecule has 492 valence electrons. The SMILES string of the molecule is CCCCCCC/C=C\C/C=C\CCCCCCCCCCCCCCCCCCCC(=O)OC(CO)COC(=O)CCCCCCCCCCCCCCCCCCCCCCCCCCCCCCCCCCCCCCCCCC. The molecule has 0 aromatic rings. The number of unbranched alkanes of at least 4 members (excludes halogenated alkanes) is 61. The third-order valence-corrected chi connectivity index (χ3v) is 18.0. The molecule has 1 unspecified atom stereocenters. The van der Waals surface area contributed by atoms with Crippen molar-refractivity contribution in [2.45, 2.75) is 450 Å². The van der Waals surface area contributed by atoms with Gasteiger partial charge < -0.3 is 14.6 Å². The van der Waals surface area contributed by atoms with Gasteiger partial charge in [0.05, 0.1) is 6.61 Å². The Morgan fingerprint density at radius 2 is 0.482 bits per heavy atom. The number of carbonyl (C=O) groups is 2. The second kappa shape index (κ2) is 74.6. The van der Waals surface area contributed by atoms with E-state index in [9.17, 15) is 14.7 Å². The van der Waals surface area contributed by atoms with E-state index in [0.29, 0.717) is 12.8 Å². The van der Waals surface area contributed by atoms with Crippen LogP contribution in [-0.2, 0) is 19.1 Å². The van der Waals surface area contributed by atoms with E-state index in [1.807, 2.05) is 0 Å². The summed E-state index contributed by atoms with van der Waals surface area (Å²) < 4.78 is 10.8. The maximum atomic E-state index is 12.4. The van der Waals surface area contributed by atoms with E-state index in [1.165, 1.54) is 379 Å². The van der Waals surface area contributed by atoms with Crippen molar-refractivity contribution < 1.29 is 24.2 Å². The average Bonchev–Trinajstić information content (AvgIpc) is 3.49. The molecule has 0 saturated carbocycles. The predicted octanol–water partition coefficient (Wildman–Crippen LogP) is 26.7. The molecule has 0 radical (unpaired) electrons. The van der Waals surface area contributed by atoms with Crippen LogP contribution in [0.2, 0.25) is 0 Å². The first-order chi connectivity index (χ1) is 41.1. The molecule has 0 amide bonds. The van der Waals surface area contributed by atoms with Crippen molar-refractivity contribution in [3.05, 3.63) is 24.3 Å². The fourth-order valence-electron chi connectivity index (χ4n) is 12.2. The van der Waals surface area contributed by atoms with E-state index < -0.39 is 6.10 Å². The summed E-state index contributed by atoms with van der Waals surface area (Å²) in [7, 11) is 0. The summed E-state index contributed by atoms with van der Waals surface area (Å²) in [6.45, 7) is 4.21. The minimum absolute atomic E-state index is 0.0581. The van der Waals surface area contributed by atoms with Crippen LogP contribution in [0.3, 0.4) is 0 Å². The quantitative estimate of drug-likeness (QED) is 0.0373. The highest BCUT2D eigenvalue weighted by Crippen LogP contribution is 2.20. The van der Waals surface area contributed by atoms with Crippen molar-refractivity contribution in [1.29, 1.82) is 0 Å². The third kappa shape index (κ3) is 72.8. The average molecular weight is 1170 g/mol. The van der Waals surface area contributed by atoms with Crippen molar-refractivity contribution >= 4 is 11.9 Å². The van der Waals surface area contributed by atoms with Crippen molar-refractivity contribution in [3.8, 4) is 0 Å². The summed E-state index contributed by atoms with van der Waals surface area (Å²) in [5.74, 6) is -0.563. The van der Waals surface area contributed by atoms with Crippen LogP contribution in [0.25, 0.3) is 0 Å². The molecule has 83 heavy (non-hydrogen) atoms. The number of hydrogen-bond donors (Lipinski definition) is 1. The molecule has 0 saturated heterocycles. The molecule has 5 nitrogen and oxygen atoms in total. The molecule has 0 rings (SSSR count). The summed E-state index contributed by atoms with van der Waals surface area (Å²) in [4.78, 5) is 24.7. The summed E-state index contributed by atoms with van der Waals surface area (Å²) in [6, 6.07) is 0. The Kier molecular flexibility index (Phi) is 73.2. The van der Waals surface area contributed by atoms with Gasteiger partial charge in [-0.25, -0.2) is 0 Å². The molecule has 1 N–H and O–H groups in total. The number of hydrogen-bond acceptors (Lipinski definition) is 5. The van der Waals surface area contributed by atoms with Crippen LogP contribution in [0.4, 0.5) is 0 Å². The molecular formula is C78H150O5. The minimum Gasteiger partial charge on any atom is -0.462 e. The van der Waals surface area contributed by atoms with Gasteiger partial charge in [-0.05, 0) is 44.9 Å². The summed E-state index contributed by atoms with van der Waals surface area (Å²) in [6.07, 6.45) is 98.3. The molecule has 0 spiro atoms. The lowest BCUT2D eigenvalue weighted by molar-refractivity contribution is -0.161. The van der Waals surface area contributed by atoms with Gasteiger partial charge in [0.15, 0.2) is 6.10 Å². The molecule has 0 bridgehead atoms. The summed E-state index contributed by atoms with van der Waals surface area (Å²) in [5.41, 5.74) is 0. The second-order valence-corrected chi connectivity index (χ2v) is 26.4. The number of aliphatic hydroxyl groups excluding tert-OH is 1. The second-order valence-electron chi connectivity index (χ2n) is 26.4. The lowest BCUT2D eigenvalue weighted by Crippen LogP contribution is -2.28. The molecular weight excluding hydrogens is 1020 g/mol. The minimum atomic E-state index is -0.769. The zero-order valence-corrected chi connectivity index (χ0v) is 56.8. The van der Waals surface area contributed by atoms with Crippen molar-refractivity contribution in [3.63, 3.8) is 0 Å². The molecule has 0 aromatic carbocycles. The summed E-state index contributed by atoms with van der Waals surface area (Å²) in [5, 5.41) is 9.71. The monoisotopic (exact) mass is 1170 g/mol. The van der Waals surface area contributed by atoms with Gasteiger partial charge in [-0.2, -0.15) is 0 Å². The lowest BCUT2D eigenvalue weighted by Gasteiger charge is -2.15. The molecule has 0 heterocycles.